The van der Waals surface area contributed by atoms with Gasteiger partial charge in [-0.2, -0.15) is 0 Å². The fourth-order valence-corrected chi connectivity index (χ4v) is 3.45. The van der Waals surface area contributed by atoms with E-state index in [9.17, 15) is 23.5 Å². The molecule has 1 saturated heterocycles. The van der Waals surface area contributed by atoms with Gasteiger partial charge < -0.3 is 5.11 Å². The maximum Gasteiger partial charge on any atom is 0.233 e. The van der Waals surface area contributed by atoms with Crippen LogP contribution in [0.15, 0.2) is 18.2 Å². The van der Waals surface area contributed by atoms with Crippen LogP contribution in [0.2, 0.25) is 0 Å². The van der Waals surface area contributed by atoms with Crippen molar-refractivity contribution >= 4 is 11.8 Å². The van der Waals surface area contributed by atoms with E-state index in [1.807, 2.05) is 0 Å². The molecule has 1 aromatic carbocycles. The van der Waals surface area contributed by atoms with Crippen molar-refractivity contribution in [3.63, 3.8) is 0 Å². The molecule has 1 aromatic rings. The van der Waals surface area contributed by atoms with E-state index in [-0.39, 0.29) is 35.8 Å². The Morgan fingerprint density at radius 1 is 1.14 bits per heavy atom. The topological polar surface area (TPSA) is 57.6 Å². The largest absolute Gasteiger partial charge is 0.386 e. The quantitative estimate of drug-likeness (QED) is 0.871. The maximum absolute atomic E-state index is 13.7. The van der Waals surface area contributed by atoms with Crippen LogP contribution >= 0.6 is 0 Å². The van der Waals surface area contributed by atoms with Gasteiger partial charge in [-0.25, -0.2) is 8.78 Å². The molecule has 1 saturated carbocycles. The predicted molar refractivity (Wildman–Crippen MR) is 73.5 cm³/mol. The summed E-state index contributed by atoms with van der Waals surface area (Å²) >= 11 is 0. The standard InChI is InChI=1S/C16H17F2NO3/c17-9-5-6-12(13(18)7-9)14(20)8-19-15(21)10-3-1-2-4-11(10)16(19)22/h5-7,10-11,14,20H,1-4,8H2/t10-,11-,14-/m1/s1. The minimum atomic E-state index is -1.35. The first-order valence-electron chi connectivity index (χ1n) is 7.47. The fourth-order valence-electron chi connectivity index (χ4n) is 3.45. The van der Waals surface area contributed by atoms with E-state index in [4.69, 9.17) is 0 Å². The number of nitrogens with zero attached hydrogens (tertiary/aromatic N) is 1. The molecule has 0 spiro atoms. The number of aliphatic hydroxyl groups excluding tert-OH is 1. The van der Waals surface area contributed by atoms with Gasteiger partial charge in [-0.1, -0.05) is 18.9 Å². The van der Waals surface area contributed by atoms with Crippen LogP contribution in [0.4, 0.5) is 8.78 Å². The highest BCUT2D eigenvalue weighted by molar-refractivity contribution is 6.05. The molecule has 118 valence electrons. The highest BCUT2D eigenvalue weighted by atomic mass is 19.1. The van der Waals surface area contributed by atoms with Crippen LogP contribution in [-0.2, 0) is 9.59 Å². The molecule has 6 heteroatoms. The maximum atomic E-state index is 13.7. The normalized spacial score (nSPS) is 26.2. The second kappa shape index (κ2) is 5.76. The third-order valence-corrected chi connectivity index (χ3v) is 4.61. The van der Waals surface area contributed by atoms with E-state index < -0.39 is 17.7 Å². The molecule has 2 fully saturated rings. The van der Waals surface area contributed by atoms with Crippen LogP contribution in [0.5, 0.6) is 0 Å². The molecule has 2 amide bonds. The third kappa shape index (κ3) is 2.52. The van der Waals surface area contributed by atoms with E-state index in [0.717, 1.165) is 29.9 Å². The average molecular weight is 309 g/mol. The van der Waals surface area contributed by atoms with Crippen LogP contribution in [0.1, 0.15) is 37.4 Å². The van der Waals surface area contributed by atoms with Crippen LogP contribution in [0, 0.1) is 23.5 Å². The number of carbonyl (C=O) groups excluding carboxylic acids is 2. The van der Waals surface area contributed by atoms with Crippen molar-refractivity contribution in [3.05, 3.63) is 35.4 Å². The zero-order valence-corrected chi connectivity index (χ0v) is 12.0. The Morgan fingerprint density at radius 2 is 1.73 bits per heavy atom. The first-order chi connectivity index (χ1) is 10.5. The lowest BCUT2D eigenvalue weighted by Gasteiger charge is -2.19. The van der Waals surface area contributed by atoms with Gasteiger partial charge in [0.1, 0.15) is 11.6 Å². The smallest absolute Gasteiger partial charge is 0.233 e. The number of imide groups is 1. The Morgan fingerprint density at radius 3 is 2.27 bits per heavy atom. The summed E-state index contributed by atoms with van der Waals surface area (Å²) in [7, 11) is 0. The van der Waals surface area contributed by atoms with Crippen LogP contribution in [0.25, 0.3) is 0 Å². The van der Waals surface area contributed by atoms with Crippen molar-refractivity contribution in [3.8, 4) is 0 Å². The lowest BCUT2D eigenvalue weighted by Crippen LogP contribution is -2.35. The molecule has 1 N–H and O–H groups in total. The van der Waals surface area contributed by atoms with Gasteiger partial charge in [-0.05, 0) is 18.9 Å². The molecule has 1 heterocycles. The zero-order chi connectivity index (χ0) is 15.9. The molecular weight excluding hydrogens is 292 g/mol. The molecule has 0 radical (unpaired) electrons. The second-order valence-corrected chi connectivity index (χ2v) is 5.97. The summed E-state index contributed by atoms with van der Waals surface area (Å²) in [6.45, 7) is -0.285. The van der Waals surface area contributed by atoms with Crippen LogP contribution in [0.3, 0.4) is 0 Å². The number of hydrogen-bond acceptors (Lipinski definition) is 3. The predicted octanol–water partition coefficient (Wildman–Crippen LogP) is 2.17. The van der Waals surface area contributed by atoms with Crippen LogP contribution < -0.4 is 0 Å². The number of rotatable bonds is 3. The number of hydrogen-bond donors (Lipinski definition) is 1. The summed E-state index contributed by atoms with van der Waals surface area (Å²) in [6.07, 6.45) is 1.86. The second-order valence-electron chi connectivity index (χ2n) is 5.97. The number of β-amino-alcohol motifs (C(OH)–C–C–N with tert-alkyl or cyclic N) is 1. The Hall–Kier alpha value is -1.82. The van der Waals surface area contributed by atoms with E-state index >= 15 is 0 Å². The van der Waals surface area contributed by atoms with Crippen molar-refractivity contribution in [1.29, 1.82) is 0 Å². The highest BCUT2D eigenvalue weighted by Gasteiger charge is 2.48. The Bertz CT molecular complexity index is 595. The van der Waals surface area contributed by atoms with Gasteiger partial charge in [0.2, 0.25) is 11.8 Å². The number of halogens is 2. The number of aliphatic hydroxyl groups is 1. The summed E-state index contributed by atoms with van der Waals surface area (Å²) in [4.78, 5) is 25.6. The SMILES string of the molecule is O=C1[C@@H]2CCCC[C@H]2C(=O)N1C[C@@H](O)c1ccc(F)cc1F. The molecular formula is C16H17F2NO3. The molecule has 3 atom stereocenters. The third-order valence-electron chi connectivity index (χ3n) is 4.61. The van der Waals surface area contributed by atoms with E-state index in [1.165, 1.54) is 0 Å². The first kappa shape index (κ1) is 15.1. The molecule has 0 unspecified atom stereocenters. The van der Waals surface area contributed by atoms with Gasteiger partial charge in [-0.3, -0.25) is 14.5 Å². The number of fused-ring (bicyclic) bond motifs is 1. The molecule has 0 bridgehead atoms. The summed E-state index contributed by atoms with van der Waals surface area (Å²) in [5, 5.41) is 10.1. The van der Waals surface area contributed by atoms with Gasteiger partial charge in [-0.15, -0.1) is 0 Å². The molecule has 4 nitrogen and oxygen atoms in total. The highest BCUT2D eigenvalue weighted by Crippen LogP contribution is 2.38. The van der Waals surface area contributed by atoms with Gasteiger partial charge in [0.15, 0.2) is 0 Å². The van der Waals surface area contributed by atoms with E-state index in [2.05, 4.69) is 0 Å². The number of likely N-dealkylation sites (tertiary alicyclic amines) is 1. The fraction of sp³-hybridized carbons (Fsp3) is 0.500. The molecule has 2 aliphatic rings. The summed E-state index contributed by atoms with van der Waals surface area (Å²) in [5.74, 6) is -2.79. The Kier molecular flexibility index (Phi) is 3.95. The minimum Gasteiger partial charge on any atom is -0.386 e. The van der Waals surface area contributed by atoms with Crippen molar-refractivity contribution in [2.75, 3.05) is 6.54 Å². The average Bonchev–Trinajstić information content (AvgIpc) is 2.73. The molecule has 0 aromatic heterocycles. The lowest BCUT2D eigenvalue weighted by atomic mass is 9.81. The minimum absolute atomic E-state index is 0.114. The van der Waals surface area contributed by atoms with Crippen molar-refractivity contribution in [1.82, 2.24) is 4.90 Å². The monoisotopic (exact) mass is 309 g/mol. The Labute approximate surface area is 126 Å². The van der Waals surface area contributed by atoms with E-state index in [0.29, 0.717) is 18.9 Å². The van der Waals surface area contributed by atoms with E-state index in [1.54, 1.807) is 0 Å². The summed E-state index contributed by atoms with van der Waals surface area (Å²) in [6, 6.07) is 2.84. The lowest BCUT2D eigenvalue weighted by molar-refractivity contribution is -0.141. The van der Waals surface area contributed by atoms with Gasteiger partial charge in [0, 0.05) is 11.6 Å². The van der Waals surface area contributed by atoms with Crippen LogP contribution in [-0.4, -0.2) is 28.4 Å². The van der Waals surface area contributed by atoms with Crippen molar-refractivity contribution in [2.24, 2.45) is 11.8 Å². The van der Waals surface area contributed by atoms with Gasteiger partial charge in [0.25, 0.3) is 0 Å². The number of amides is 2. The molecule has 3 rings (SSSR count). The first-order valence-corrected chi connectivity index (χ1v) is 7.47. The zero-order valence-electron chi connectivity index (χ0n) is 12.0. The van der Waals surface area contributed by atoms with Crippen molar-refractivity contribution in [2.45, 2.75) is 31.8 Å². The summed E-state index contributed by atoms with van der Waals surface area (Å²) in [5.41, 5.74) is -0.114. The van der Waals surface area contributed by atoms with Gasteiger partial charge >= 0.3 is 0 Å². The Balaban J connectivity index is 1.77. The molecule has 1 aliphatic heterocycles. The number of benzene rings is 1. The number of carbonyl (C=O) groups is 2. The van der Waals surface area contributed by atoms with Gasteiger partial charge in [0.05, 0.1) is 24.5 Å². The molecule has 22 heavy (non-hydrogen) atoms. The summed E-state index contributed by atoms with van der Waals surface area (Å²) < 4.78 is 26.6. The molecule has 1 aliphatic carbocycles. The van der Waals surface area contributed by atoms with Crippen molar-refractivity contribution < 1.29 is 23.5 Å².